The van der Waals surface area contributed by atoms with E-state index in [1.807, 2.05) is 0 Å². The summed E-state index contributed by atoms with van der Waals surface area (Å²) in [6.45, 7) is 4.79. The molecular formula is C9H20N2O2. The normalized spacial score (nSPS) is 15.8. The smallest absolute Gasteiger partial charge is 0.234 e. The van der Waals surface area contributed by atoms with Crippen LogP contribution in [0.15, 0.2) is 0 Å². The standard InChI is InChI=1S/C9H20N2O2/c1-6(2)7(5-13-3)4-8(10)9(11)12/h6-8H,4-5,10H2,1-3H3,(H2,11,12). The molecule has 13 heavy (non-hydrogen) atoms. The number of amides is 1. The van der Waals surface area contributed by atoms with Gasteiger partial charge in [-0.15, -0.1) is 0 Å². The number of primary amides is 1. The van der Waals surface area contributed by atoms with Crippen molar-refractivity contribution in [3.8, 4) is 0 Å². The van der Waals surface area contributed by atoms with Gasteiger partial charge in [0.1, 0.15) is 0 Å². The second-order valence-electron chi connectivity index (χ2n) is 3.70. The van der Waals surface area contributed by atoms with Crippen LogP contribution >= 0.6 is 0 Å². The van der Waals surface area contributed by atoms with E-state index in [1.165, 1.54) is 0 Å². The third-order valence-electron chi connectivity index (χ3n) is 2.25. The molecule has 0 fully saturated rings. The Bertz CT molecular complexity index is 160. The fraction of sp³-hybridized carbons (Fsp3) is 0.889. The molecule has 4 heteroatoms. The molecule has 0 aromatic heterocycles. The van der Waals surface area contributed by atoms with Crippen LogP contribution in [0.2, 0.25) is 0 Å². The Morgan fingerprint density at radius 1 is 1.46 bits per heavy atom. The zero-order valence-corrected chi connectivity index (χ0v) is 8.62. The van der Waals surface area contributed by atoms with Crippen molar-refractivity contribution in [1.82, 2.24) is 0 Å². The summed E-state index contributed by atoms with van der Waals surface area (Å²) in [5.74, 6) is 0.305. The van der Waals surface area contributed by atoms with E-state index in [4.69, 9.17) is 16.2 Å². The summed E-state index contributed by atoms with van der Waals surface area (Å²) in [6, 6.07) is -0.553. The van der Waals surface area contributed by atoms with Gasteiger partial charge in [-0.2, -0.15) is 0 Å². The average Bonchev–Trinajstić information content (AvgIpc) is 2.03. The van der Waals surface area contributed by atoms with Gasteiger partial charge in [-0.05, 0) is 18.3 Å². The predicted octanol–water partition coefficient (Wildman–Crippen LogP) is 0.108. The molecule has 0 spiro atoms. The molecule has 2 unspecified atom stereocenters. The van der Waals surface area contributed by atoms with Crippen LogP contribution in [0.3, 0.4) is 0 Å². The highest BCUT2D eigenvalue weighted by Gasteiger charge is 2.19. The molecule has 0 saturated heterocycles. The Labute approximate surface area is 79.6 Å². The first-order chi connectivity index (χ1) is 5.99. The van der Waals surface area contributed by atoms with Crippen molar-refractivity contribution < 1.29 is 9.53 Å². The molecule has 0 aliphatic heterocycles. The fourth-order valence-corrected chi connectivity index (χ4v) is 1.19. The first-order valence-electron chi connectivity index (χ1n) is 4.52. The van der Waals surface area contributed by atoms with Gasteiger partial charge in [0.05, 0.1) is 6.04 Å². The van der Waals surface area contributed by atoms with E-state index < -0.39 is 11.9 Å². The van der Waals surface area contributed by atoms with Gasteiger partial charge in [0.25, 0.3) is 0 Å². The second-order valence-corrected chi connectivity index (χ2v) is 3.70. The molecule has 1 amide bonds. The van der Waals surface area contributed by atoms with Crippen molar-refractivity contribution in [2.24, 2.45) is 23.3 Å². The molecule has 0 aromatic rings. The molecule has 4 N–H and O–H groups in total. The highest BCUT2D eigenvalue weighted by atomic mass is 16.5. The first kappa shape index (κ1) is 12.4. The molecular weight excluding hydrogens is 168 g/mol. The minimum atomic E-state index is -0.553. The van der Waals surface area contributed by atoms with Crippen molar-refractivity contribution in [1.29, 1.82) is 0 Å². The Morgan fingerprint density at radius 3 is 2.31 bits per heavy atom. The Kier molecular flexibility index (Phi) is 5.66. The summed E-state index contributed by atoms with van der Waals surface area (Å²) in [5.41, 5.74) is 10.6. The van der Waals surface area contributed by atoms with E-state index in [0.29, 0.717) is 24.9 Å². The number of carbonyl (C=O) groups excluding carboxylic acids is 1. The molecule has 0 heterocycles. The number of carbonyl (C=O) groups is 1. The largest absolute Gasteiger partial charge is 0.384 e. The van der Waals surface area contributed by atoms with Gasteiger partial charge in [-0.1, -0.05) is 13.8 Å². The summed E-state index contributed by atoms with van der Waals surface area (Å²) < 4.78 is 5.04. The molecule has 4 nitrogen and oxygen atoms in total. The average molecular weight is 188 g/mol. The number of hydrogen-bond donors (Lipinski definition) is 2. The van der Waals surface area contributed by atoms with Crippen LogP contribution in [0.25, 0.3) is 0 Å². The Morgan fingerprint density at radius 2 is 2.00 bits per heavy atom. The van der Waals surface area contributed by atoms with E-state index in [0.717, 1.165) is 0 Å². The van der Waals surface area contributed by atoms with Gasteiger partial charge in [-0.3, -0.25) is 4.79 Å². The van der Waals surface area contributed by atoms with Gasteiger partial charge in [0.15, 0.2) is 0 Å². The van der Waals surface area contributed by atoms with Gasteiger partial charge in [-0.25, -0.2) is 0 Å². The van der Waals surface area contributed by atoms with Crippen molar-refractivity contribution in [2.75, 3.05) is 13.7 Å². The molecule has 0 rings (SSSR count). The molecule has 0 aromatic carbocycles. The van der Waals surface area contributed by atoms with Crippen molar-refractivity contribution in [3.63, 3.8) is 0 Å². The maximum atomic E-state index is 10.7. The minimum absolute atomic E-state index is 0.299. The van der Waals surface area contributed by atoms with Crippen LogP contribution in [-0.4, -0.2) is 25.7 Å². The van der Waals surface area contributed by atoms with Crippen LogP contribution in [0.5, 0.6) is 0 Å². The van der Waals surface area contributed by atoms with Crippen LogP contribution in [0.1, 0.15) is 20.3 Å². The molecule has 0 radical (unpaired) electrons. The number of methoxy groups -OCH3 is 1. The maximum absolute atomic E-state index is 10.7. The number of hydrogen-bond acceptors (Lipinski definition) is 3. The van der Waals surface area contributed by atoms with Crippen LogP contribution in [0, 0.1) is 11.8 Å². The van der Waals surface area contributed by atoms with Crippen molar-refractivity contribution >= 4 is 5.91 Å². The molecule has 0 aliphatic rings. The maximum Gasteiger partial charge on any atom is 0.234 e. The molecule has 0 saturated carbocycles. The van der Waals surface area contributed by atoms with E-state index in [-0.39, 0.29) is 0 Å². The quantitative estimate of drug-likeness (QED) is 0.621. The number of rotatable bonds is 6. The van der Waals surface area contributed by atoms with Crippen molar-refractivity contribution in [2.45, 2.75) is 26.3 Å². The summed E-state index contributed by atoms with van der Waals surface area (Å²) in [5, 5.41) is 0. The minimum Gasteiger partial charge on any atom is -0.384 e. The van der Waals surface area contributed by atoms with E-state index in [1.54, 1.807) is 7.11 Å². The summed E-state index contributed by atoms with van der Waals surface area (Å²) in [4.78, 5) is 10.7. The molecule has 2 atom stereocenters. The molecule has 0 bridgehead atoms. The SMILES string of the molecule is COCC(CC(N)C(N)=O)C(C)C. The van der Waals surface area contributed by atoms with Crippen LogP contribution in [-0.2, 0) is 9.53 Å². The van der Waals surface area contributed by atoms with Crippen molar-refractivity contribution in [3.05, 3.63) is 0 Å². The zero-order chi connectivity index (χ0) is 10.4. The fourth-order valence-electron chi connectivity index (χ4n) is 1.19. The van der Waals surface area contributed by atoms with Gasteiger partial charge in [0, 0.05) is 13.7 Å². The second kappa shape index (κ2) is 5.94. The molecule has 0 aliphatic carbocycles. The lowest BCUT2D eigenvalue weighted by molar-refractivity contribution is -0.119. The van der Waals surface area contributed by atoms with Gasteiger partial charge in [0.2, 0.25) is 5.91 Å². The third-order valence-corrected chi connectivity index (χ3v) is 2.25. The summed E-state index contributed by atoms with van der Waals surface area (Å²) >= 11 is 0. The van der Waals surface area contributed by atoms with Crippen LogP contribution in [0.4, 0.5) is 0 Å². The molecule has 78 valence electrons. The Hall–Kier alpha value is -0.610. The topological polar surface area (TPSA) is 78.3 Å². The predicted molar refractivity (Wildman–Crippen MR) is 52.0 cm³/mol. The number of ether oxygens (including phenoxy) is 1. The highest BCUT2D eigenvalue weighted by molar-refractivity contribution is 5.79. The lowest BCUT2D eigenvalue weighted by Gasteiger charge is -2.21. The monoisotopic (exact) mass is 188 g/mol. The van der Waals surface area contributed by atoms with Gasteiger partial charge >= 0.3 is 0 Å². The Balaban J connectivity index is 4.01. The zero-order valence-electron chi connectivity index (χ0n) is 8.62. The van der Waals surface area contributed by atoms with E-state index >= 15 is 0 Å². The first-order valence-corrected chi connectivity index (χ1v) is 4.52. The van der Waals surface area contributed by atoms with E-state index in [9.17, 15) is 4.79 Å². The van der Waals surface area contributed by atoms with Crippen LogP contribution < -0.4 is 11.5 Å². The van der Waals surface area contributed by atoms with E-state index in [2.05, 4.69) is 13.8 Å². The summed E-state index contributed by atoms with van der Waals surface area (Å²) in [7, 11) is 1.64. The number of nitrogens with two attached hydrogens (primary N) is 2. The lowest BCUT2D eigenvalue weighted by atomic mass is 9.90. The summed E-state index contributed by atoms with van der Waals surface area (Å²) in [6.07, 6.45) is 0.598. The third kappa shape index (κ3) is 4.85. The highest BCUT2D eigenvalue weighted by Crippen LogP contribution is 2.16. The van der Waals surface area contributed by atoms with Gasteiger partial charge < -0.3 is 16.2 Å². The lowest BCUT2D eigenvalue weighted by Crippen LogP contribution is -2.39.